The fraction of sp³-hybridized carbons (Fsp3) is 0.677. The summed E-state index contributed by atoms with van der Waals surface area (Å²) in [6.07, 6.45) is 26.5. The molecule has 0 unspecified atom stereocenters. The lowest BCUT2D eigenvalue weighted by molar-refractivity contribution is 0.302. The maximum absolute atomic E-state index is 5.94. The predicted molar refractivity (Wildman–Crippen MR) is 146 cm³/mol. The van der Waals surface area contributed by atoms with Crippen molar-refractivity contribution in [2.24, 2.45) is 5.92 Å². The van der Waals surface area contributed by atoms with E-state index in [0.717, 1.165) is 54.9 Å². The van der Waals surface area contributed by atoms with E-state index >= 15 is 0 Å². The number of rotatable bonds is 19. The van der Waals surface area contributed by atoms with Crippen molar-refractivity contribution in [1.29, 1.82) is 0 Å². The number of hydrogen-bond donors (Lipinski definition) is 0. The topological polar surface area (TPSA) is 44.2 Å². The van der Waals surface area contributed by atoms with Crippen molar-refractivity contribution in [2.45, 2.75) is 116 Å². The molecule has 0 atom stereocenters. The number of nitrogens with zero attached hydrogens (tertiary/aromatic N) is 2. The van der Waals surface area contributed by atoms with E-state index in [9.17, 15) is 0 Å². The Morgan fingerprint density at radius 1 is 0.657 bits per heavy atom. The number of ether oxygens (including phenoxy) is 2. The molecular formula is C31H48N2O2. The molecule has 0 saturated heterocycles. The minimum absolute atomic E-state index is 0.719. The van der Waals surface area contributed by atoms with Crippen molar-refractivity contribution in [3.8, 4) is 22.9 Å². The van der Waals surface area contributed by atoms with E-state index in [1.807, 2.05) is 24.3 Å². The van der Waals surface area contributed by atoms with E-state index in [4.69, 9.17) is 9.47 Å². The average Bonchev–Trinajstić information content (AvgIpc) is 3.42. The van der Waals surface area contributed by atoms with Gasteiger partial charge in [0.1, 0.15) is 5.75 Å². The first-order chi connectivity index (χ1) is 17.3. The molecule has 0 aliphatic heterocycles. The van der Waals surface area contributed by atoms with Crippen LogP contribution >= 0.6 is 0 Å². The zero-order valence-corrected chi connectivity index (χ0v) is 22.2. The molecule has 1 fully saturated rings. The van der Waals surface area contributed by atoms with Crippen LogP contribution in [0.2, 0.25) is 0 Å². The van der Waals surface area contributed by atoms with E-state index < -0.39 is 0 Å². The Hall–Kier alpha value is -2.10. The third-order valence-electron chi connectivity index (χ3n) is 7.26. The summed E-state index contributed by atoms with van der Waals surface area (Å²) < 4.78 is 11.7. The quantitative estimate of drug-likeness (QED) is 0.188. The molecule has 1 saturated carbocycles. The highest BCUT2D eigenvalue weighted by Gasteiger charge is 2.13. The minimum Gasteiger partial charge on any atom is -0.494 e. The van der Waals surface area contributed by atoms with Crippen LogP contribution in [0.1, 0.15) is 116 Å². The van der Waals surface area contributed by atoms with Crippen molar-refractivity contribution in [2.75, 3.05) is 13.2 Å². The second-order valence-electron chi connectivity index (χ2n) is 10.3. The lowest BCUT2D eigenvalue weighted by Crippen LogP contribution is -1.99. The molecule has 1 aromatic heterocycles. The molecule has 0 radical (unpaired) electrons. The molecule has 1 aliphatic rings. The van der Waals surface area contributed by atoms with Crippen molar-refractivity contribution in [3.05, 3.63) is 36.7 Å². The predicted octanol–water partition coefficient (Wildman–Crippen LogP) is 9.18. The molecule has 2 aromatic rings. The first-order valence-corrected chi connectivity index (χ1v) is 14.5. The molecular weight excluding hydrogens is 432 g/mol. The van der Waals surface area contributed by atoms with Gasteiger partial charge in [0.05, 0.1) is 25.6 Å². The third kappa shape index (κ3) is 11.5. The van der Waals surface area contributed by atoms with Crippen LogP contribution in [0.15, 0.2) is 36.7 Å². The van der Waals surface area contributed by atoms with Crippen LogP contribution < -0.4 is 9.47 Å². The van der Waals surface area contributed by atoms with Gasteiger partial charge in [-0.1, -0.05) is 103 Å². The summed E-state index contributed by atoms with van der Waals surface area (Å²) in [5.74, 6) is 3.44. The smallest absolute Gasteiger partial charge is 0.159 e. The van der Waals surface area contributed by atoms with Gasteiger partial charge < -0.3 is 9.47 Å². The highest BCUT2D eigenvalue weighted by Crippen LogP contribution is 2.29. The van der Waals surface area contributed by atoms with Crippen LogP contribution in [0.5, 0.6) is 11.5 Å². The summed E-state index contributed by atoms with van der Waals surface area (Å²) in [5.41, 5.74) is 0.998. The molecule has 1 heterocycles. The minimum atomic E-state index is 0.719. The Kier molecular flexibility index (Phi) is 13.6. The maximum Gasteiger partial charge on any atom is 0.159 e. The van der Waals surface area contributed by atoms with E-state index in [1.54, 1.807) is 12.4 Å². The SMILES string of the molecule is CCCCCCCCOc1cnc(-c2ccc(OCCCCCCCCC3CCCC3)cc2)nc1. The molecule has 3 rings (SSSR count). The first-order valence-electron chi connectivity index (χ1n) is 14.5. The lowest BCUT2D eigenvalue weighted by atomic mass is 9.99. The normalized spacial score (nSPS) is 13.9. The van der Waals surface area contributed by atoms with Crippen LogP contribution in [0.3, 0.4) is 0 Å². The van der Waals surface area contributed by atoms with Gasteiger partial charge in [-0.3, -0.25) is 0 Å². The Labute approximate surface area is 214 Å². The summed E-state index contributed by atoms with van der Waals surface area (Å²) in [6, 6.07) is 8.10. The maximum atomic E-state index is 5.94. The molecule has 0 bridgehead atoms. The van der Waals surface area contributed by atoms with Gasteiger partial charge in [0.2, 0.25) is 0 Å². The third-order valence-corrected chi connectivity index (χ3v) is 7.26. The molecule has 194 valence electrons. The molecule has 0 N–H and O–H groups in total. The largest absolute Gasteiger partial charge is 0.494 e. The summed E-state index contributed by atoms with van der Waals surface area (Å²) in [6.45, 7) is 3.78. The first kappa shape index (κ1) is 27.5. The van der Waals surface area contributed by atoms with Gasteiger partial charge in [0.15, 0.2) is 11.6 Å². The fourth-order valence-electron chi connectivity index (χ4n) is 5.04. The average molecular weight is 481 g/mol. The van der Waals surface area contributed by atoms with Crippen LogP contribution in [0.4, 0.5) is 0 Å². The molecule has 0 amide bonds. The van der Waals surface area contributed by atoms with Gasteiger partial charge >= 0.3 is 0 Å². The van der Waals surface area contributed by atoms with E-state index in [2.05, 4.69) is 16.9 Å². The Morgan fingerprint density at radius 3 is 1.83 bits per heavy atom. The zero-order chi connectivity index (χ0) is 24.4. The van der Waals surface area contributed by atoms with Crippen LogP contribution in [0.25, 0.3) is 11.4 Å². The van der Waals surface area contributed by atoms with Crippen molar-refractivity contribution >= 4 is 0 Å². The van der Waals surface area contributed by atoms with Gasteiger partial charge in [0.25, 0.3) is 0 Å². The highest BCUT2D eigenvalue weighted by atomic mass is 16.5. The fourth-order valence-corrected chi connectivity index (χ4v) is 5.04. The molecule has 4 nitrogen and oxygen atoms in total. The second kappa shape index (κ2) is 17.3. The number of aromatic nitrogens is 2. The van der Waals surface area contributed by atoms with Gasteiger partial charge in [0, 0.05) is 5.56 Å². The summed E-state index contributed by atoms with van der Waals surface area (Å²) in [4.78, 5) is 8.96. The van der Waals surface area contributed by atoms with Crippen LogP contribution in [-0.4, -0.2) is 23.2 Å². The van der Waals surface area contributed by atoms with Crippen molar-refractivity contribution in [3.63, 3.8) is 0 Å². The number of benzene rings is 1. The second-order valence-corrected chi connectivity index (χ2v) is 10.3. The van der Waals surface area contributed by atoms with Gasteiger partial charge in [-0.2, -0.15) is 0 Å². The van der Waals surface area contributed by atoms with Gasteiger partial charge in [-0.15, -0.1) is 0 Å². The summed E-state index contributed by atoms with van der Waals surface area (Å²) in [7, 11) is 0. The van der Waals surface area contributed by atoms with Crippen molar-refractivity contribution < 1.29 is 9.47 Å². The Bertz CT molecular complexity index is 770. The number of hydrogen-bond acceptors (Lipinski definition) is 4. The highest BCUT2D eigenvalue weighted by molar-refractivity contribution is 5.56. The number of unbranched alkanes of at least 4 members (excludes halogenated alkanes) is 10. The molecule has 1 aliphatic carbocycles. The Balaban J connectivity index is 1.23. The molecule has 35 heavy (non-hydrogen) atoms. The molecule has 1 aromatic carbocycles. The van der Waals surface area contributed by atoms with Crippen LogP contribution in [0, 0.1) is 5.92 Å². The van der Waals surface area contributed by atoms with Gasteiger partial charge in [-0.25, -0.2) is 9.97 Å². The monoisotopic (exact) mass is 480 g/mol. The summed E-state index contributed by atoms with van der Waals surface area (Å²) >= 11 is 0. The summed E-state index contributed by atoms with van der Waals surface area (Å²) in [5, 5.41) is 0. The standard InChI is InChI=1S/C31H48N2O2/c1-2-3-4-5-9-15-24-35-30-25-32-31(33-26-30)28-19-21-29(22-20-28)34-23-14-10-7-6-8-11-16-27-17-12-13-18-27/h19-22,25-27H,2-18,23-24H2,1H3. The van der Waals surface area contributed by atoms with E-state index in [1.165, 1.54) is 96.3 Å². The molecule has 0 spiro atoms. The van der Waals surface area contributed by atoms with E-state index in [-0.39, 0.29) is 0 Å². The van der Waals surface area contributed by atoms with Crippen LogP contribution in [-0.2, 0) is 0 Å². The van der Waals surface area contributed by atoms with E-state index in [0.29, 0.717) is 0 Å². The van der Waals surface area contributed by atoms with Crippen molar-refractivity contribution in [1.82, 2.24) is 9.97 Å². The van der Waals surface area contributed by atoms with Gasteiger partial charge in [-0.05, 0) is 43.0 Å². The Morgan fingerprint density at radius 2 is 1.20 bits per heavy atom. The molecule has 4 heteroatoms. The lowest BCUT2D eigenvalue weighted by Gasteiger charge is -2.09. The zero-order valence-electron chi connectivity index (χ0n) is 22.2.